The molecular weight excluding hydrogens is 352 g/mol. The van der Waals surface area contributed by atoms with Gasteiger partial charge in [0.25, 0.3) is 0 Å². The van der Waals surface area contributed by atoms with Gasteiger partial charge in [0.15, 0.2) is 0 Å². The molecule has 0 fully saturated rings. The van der Waals surface area contributed by atoms with Crippen LogP contribution in [0.3, 0.4) is 0 Å². The van der Waals surface area contributed by atoms with E-state index in [1.165, 1.54) is 16.7 Å². The van der Waals surface area contributed by atoms with Crippen LogP contribution in [0.1, 0.15) is 47.8 Å². The molecule has 136 valence electrons. The number of hydrogen-bond acceptors (Lipinski definition) is 3. The van der Waals surface area contributed by atoms with Gasteiger partial charge in [-0.05, 0) is 56.4 Å². The Morgan fingerprint density at radius 2 is 1.76 bits per heavy atom. The molecule has 25 heavy (non-hydrogen) atoms. The lowest BCUT2D eigenvalue weighted by molar-refractivity contribution is 0.170. The van der Waals surface area contributed by atoms with Crippen LogP contribution in [-0.2, 0) is 6.42 Å². The highest BCUT2D eigenvalue weighted by molar-refractivity contribution is 8.00. The first-order valence-electron chi connectivity index (χ1n) is 8.67. The van der Waals surface area contributed by atoms with Crippen molar-refractivity contribution in [1.29, 1.82) is 0 Å². The molecule has 0 heterocycles. The van der Waals surface area contributed by atoms with Gasteiger partial charge in [-0.15, -0.1) is 11.8 Å². The quantitative estimate of drug-likeness (QED) is 0.666. The second-order valence-electron chi connectivity index (χ2n) is 6.68. The van der Waals surface area contributed by atoms with Crippen LogP contribution in [0.4, 0.5) is 0 Å². The molecule has 0 unspecified atom stereocenters. The number of aryl methyl sites for hydroxylation is 1. The number of rotatable bonds is 8. The van der Waals surface area contributed by atoms with E-state index in [-0.39, 0.29) is 17.1 Å². The number of aliphatic hydroxyl groups excluding tert-OH is 2. The molecular formula is C21H27ClO2S. The highest BCUT2D eigenvalue weighted by Gasteiger charge is 2.17. The van der Waals surface area contributed by atoms with Gasteiger partial charge in [-0.25, -0.2) is 0 Å². The summed E-state index contributed by atoms with van der Waals surface area (Å²) in [5.74, 6) is 0. The molecule has 0 amide bonds. The van der Waals surface area contributed by atoms with Gasteiger partial charge < -0.3 is 10.2 Å². The minimum absolute atomic E-state index is 0.0335. The molecule has 0 aromatic heterocycles. The average Bonchev–Trinajstić information content (AvgIpc) is 2.57. The van der Waals surface area contributed by atoms with Crippen molar-refractivity contribution < 1.29 is 10.2 Å². The zero-order valence-electron chi connectivity index (χ0n) is 15.1. The first-order valence-corrected chi connectivity index (χ1v) is 9.99. The predicted octanol–water partition coefficient (Wildman–Crippen LogP) is 5.17. The van der Waals surface area contributed by atoms with Gasteiger partial charge >= 0.3 is 0 Å². The van der Waals surface area contributed by atoms with E-state index in [1.54, 1.807) is 18.7 Å². The lowest BCUT2D eigenvalue weighted by Crippen LogP contribution is -2.17. The molecule has 2 nitrogen and oxygen atoms in total. The van der Waals surface area contributed by atoms with Crippen LogP contribution >= 0.6 is 23.4 Å². The Morgan fingerprint density at radius 1 is 1.08 bits per heavy atom. The van der Waals surface area contributed by atoms with Gasteiger partial charge in [-0.3, -0.25) is 0 Å². The van der Waals surface area contributed by atoms with E-state index in [1.807, 2.05) is 6.07 Å². The molecule has 3 atom stereocenters. The third-order valence-corrected chi connectivity index (χ3v) is 6.03. The van der Waals surface area contributed by atoms with Crippen LogP contribution in [0, 0.1) is 6.92 Å². The van der Waals surface area contributed by atoms with Crippen molar-refractivity contribution in [2.24, 2.45) is 0 Å². The molecule has 2 aromatic rings. The standard InChI is InChI=1S/C21H27ClO2S/c1-14-4-6-17(7-5-14)11-19-12-18(8-9-21(19)22)16(3)25-20(13-23)10-15(2)24/h4-9,12,15-16,20,23-24H,10-11,13H2,1-3H3/t15-,16-,20+/m1/s1. The lowest BCUT2D eigenvalue weighted by Gasteiger charge is -2.21. The topological polar surface area (TPSA) is 40.5 Å². The van der Waals surface area contributed by atoms with Crippen LogP contribution in [0.15, 0.2) is 42.5 Å². The molecule has 2 N–H and O–H groups in total. The predicted molar refractivity (Wildman–Crippen MR) is 109 cm³/mol. The van der Waals surface area contributed by atoms with E-state index in [9.17, 15) is 10.2 Å². The molecule has 0 spiro atoms. The van der Waals surface area contributed by atoms with Crippen LogP contribution in [0.25, 0.3) is 0 Å². The van der Waals surface area contributed by atoms with Crippen molar-refractivity contribution in [3.05, 3.63) is 69.7 Å². The highest BCUT2D eigenvalue weighted by atomic mass is 35.5. The molecule has 0 aliphatic heterocycles. The summed E-state index contributed by atoms with van der Waals surface area (Å²) >= 11 is 8.10. The van der Waals surface area contributed by atoms with E-state index in [4.69, 9.17) is 11.6 Å². The fourth-order valence-electron chi connectivity index (χ4n) is 2.83. The fourth-order valence-corrected chi connectivity index (χ4v) is 4.37. The summed E-state index contributed by atoms with van der Waals surface area (Å²) in [6.07, 6.45) is 0.996. The first-order chi connectivity index (χ1) is 11.9. The maximum atomic E-state index is 9.56. The third-order valence-electron chi connectivity index (χ3n) is 4.26. The third kappa shape index (κ3) is 6.34. The van der Waals surface area contributed by atoms with Gasteiger partial charge in [-0.1, -0.05) is 53.6 Å². The first kappa shape index (κ1) is 20.3. The fraction of sp³-hybridized carbons (Fsp3) is 0.429. The zero-order chi connectivity index (χ0) is 18.4. The Morgan fingerprint density at radius 3 is 2.36 bits per heavy atom. The normalized spacial score (nSPS) is 15.0. The smallest absolute Gasteiger partial charge is 0.0551 e. The summed E-state index contributed by atoms with van der Waals surface area (Å²) in [6.45, 7) is 6.05. The van der Waals surface area contributed by atoms with Crippen molar-refractivity contribution in [3.8, 4) is 0 Å². The molecule has 0 saturated carbocycles. The molecule has 2 aromatic carbocycles. The molecule has 0 bridgehead atoms. The Kier molecular flexibility index (Phi) is 7.82. The largest absolute Gasteiger partial charge is 0.395 e. The molecule has 0 saturated heterocycles. The Balaban J connectivity index is 2.12. The lowest BCUT2D eigenvalue weighted by atomic mass is 10.0. The number of thioether (sulfide) groups is 1. The summed E-state index contributed by atoms with van der Waals surface area (Å²) in [6, 6.07) is 14.7. The van der Waals surface area contributed by atoms with Crippen LogP contribution in [0.2, 0.25) is 5.02 Å². The summed E-state index contributed by atoms with van der Waals surface area (Å²) in [7, 11) is 0. The molecule has 0 aliphatic rings. The minimum atomic E-state index is -0.404. The van der Waals surface area contributed by atoms with Crippen molar-refractivity contribution in [2.75, 3.05) is 6.61 Å². The summed E-state index contributed by atoms with van der Waals surface area (Å²) in [4.78, 5) is 0. The van der Waals surface area contributed by atoms with E-state index in [0.717, 1.165) is 17.0 Å². The number of benzene rings is 2. The van der Waals surface area contributed by atoms with E-state index < -0.39 is 6.10 Å². The van der Waals surface area contributed by atoms with Crippen molar-refractivity contribution >= 4 is 23.4 Å². The molecule has 2 rings (SSSR count). The summed E-state index contributed by atoms with van der Waals surface area (Å²) < 4.78 is 0. The average molecular weight is 379 g/mol. The Bertz CT molecular complexity index is 670. The van der Waals surface area contributed by atoms with E-state index >= 15 is 0 Å². The monoisotopic (exact) mass is 378 g/mol. The molecule has 0 radical (unpaired) electrons. The van der Waals surface area contributed by atoms with Crippen molar-refractivity contribution in [3.63, 3.8) is 0 Å². The highest BCUT2D eigenvalue weighted by Crippen LogP contribution is 2.35. The number of hydrogen-bond donors (Lipinski definition) is 2. The van der Waals surface area contributed by atoms with E-state index in [2.05, 4.69) is 50.2 Å². The van der Waals surface area contributed by atoms with Gasteiger partial charge in [0.1, 0.15) is 0 Å². The van der Waals surface area contributed by atoms with Gasteiger partial charge in [-0.2, -0.15) is 0 Å². The Hall–Kier alpha value is -1.00. The number of halogens is 1. The second-order valence-corrected chi connectivity index (χ2v) is 8.73. The second kappa shape index (κ2) is 9.63. The van der Waals surface area contributed by atoms with Gasteiger partial charge in [0.05, 0.1) is 12.7 Å². The van der Waals surface area contributed by atoms with Gasteiger partial charge in [0, 0.05) is 15.5 Å². The van der Waals surface area contributed by atoms with Crippen LogP contribution in [-0.4, -0.2) is 28.2 Å². The number of aliphatic hydroxyl groups is 2. The van der Waals surface area contributed by atoms with Crippen molar-refractivity contribution in [1.82, 2.24) is 0 Å². The van der Waals surface area contributed by atoms with Crippen LogP contribution < -0.4 is 0 Å². The maximum absolute atomic E-state index is 9.56. The SMILES string of the molecule is Cc1ccc(Cc2cc([C@@H](C)S[C@H](CO)C[C@@H](C)O)ccc2Cl)cc1. The van der Waals surface area contributed by atoms with Gasteiger partial charge in [0.2, 0.25) is 0 Å². The van der Waals surface area contributed by atoms with Crippen LogP contribution in [0.5, 0.6) is 0 Å². The molecule has 4 heteroatoms. The zero-order valence-corrected chi connectivity index (χ0v) is 16.6. The molecule has 0 aliphatic carbocycles. The van der Waals surface area contributed by atoms with E-state index in [0.29, 0.717) is 6.42 Å². The maximum Gasteiger partial charge on any atom is 0.0551 e. The minimum Gasteiger partial charge on any atom is -0.395 e. The Labute approximate surface area is 160 Å². The summed E-state index contributed by atoms with van der Waals surface area (Å²) in [5.41, 5.74) is 4.81. The van der Waals surface area contributed by atoms with Crippen molar-refractivity contribution in [2.45, 2.75) is 50.2 Å². The summed E-state index contributed by atoms with van der Waals surface area (Å²) in [5, 5.41) is 20.1.